The van der Waals surface area contributed by atoms with Crippen LogP contribution in [0.3, 0.4) is 0 Å². The second-order valence-electron chi connectivity index (χ2n) is 5.12. The number of hydrogen-bond acceptors (Lipinski definition) is 3. The summed E-state index contributed by atoms with van der Waals surface area (Å²) in [4.78, 5) is 16.0. The highest BCUT2D eigenvalue weighted by Crippen LogP contribution is 2.56. The Morgan fingerprint density at radius 3 is 3.29 bits per heavy atom. The summed E-state index contributed by atoms with van der Waals surface area (Å²) in [5, 5.41) is 6.35. The first-order valence-electron chi connectivity index (χ1n) is 6.18. The second kappa shape index (κ2) is 4.11. The van der Waals surface area contributed by atoms with Crippen molar-refractivity contribution in [3.63, 3.8) is 0 Å². The first-order valence-corrected chi connectivity index (χ1v) is 6.18. The lowest BCUT2D eigenvalue weighted by atomic mass is 10.0. The number of carbonyl (C=O) groups is 1. The third-order valence-electron chi connectivity index (χ3n) is 3.97. The molecule has 0 aromatic carbocycles. The van der Waals surface area contributed by atoms with E-state index in [0.717, 1.165) is 31.5 Å². The van der Waals surface area contributed by atoms with Crippen molar-refractivity contribution in [2.75, 3.05) is 13.1 Å². The van der Waals surface area contributed by atoms with Gasteiger partial charge < -0.3 is 10.6 Å². The van der Waals surface area contributed by atoms with E-state index in [0.29, 0.717) is 12.0 Å². The van der Waals surface area contributed by atoms with Crippen LogP contribution in [-0.2, 0) is 11.3 Å². The topological polar surface area (TPSA) is 54.0 Å². The van der Waals surface area contributed by atoms with Crippen molar-refractivity contribution >= 4 is 5.91 Å². The number of amides is 1. The summed E-state index contributed by atoms with van der Waals surface area (Å²) in [6.45, 7) is 2.66. The molecule has 1 amide bonds. The fourth-order valence-electron chi connectivity index (χ4n) is 2.77. The van der Waals surface area contributed by atoms with E-state index in [1.165, 1.54) is 0 Å². The molecule has 2 N–H and O–H groups in total. The highest BCUT2D eigenvalue weighted by molar-refractivity contribution is 5.82. The molecule has 17 heavy (non-hydrogen) atoms. The lowest BCUT2D eigenvalue weighted by molar-refractivity contribution is -0.123. The second-order valence-corrected chi connectivity index (χ2v) is 5.12. The van der Waals surface area contributed by atoms with Crippen LogP contribution in [0.15, 0.2) is 24.5 Å². The van der Waals surface area contributed by atoms with Crippen molar-refractivity contribution in [1.82, 2.24) is 15.6 Å². The number of carbonyl (C=O) groups excluding carboxylic acids is 1. The molecule has 1 saturated carbocycles. The summed E-state index contributed by atoms with van der Waals surface area (Å²) in [6, 6.07) is 3.87. The molecular formula is C13H17N3O. The van der Waals surface area contributed by atoms with Crippen molar-refractivity contribution in [2.24, 2.45) is 11.3 Å². The maximum absolute atomic E-state index is 12.0. The lowest BCUT2D eigenvalue weighted by Gasteiger charge is -2.08. The lowest BCUT2D eigenvalue weighted by Crippen LogP contribution is -2.27. The minimum atomic E-state index is 0.206. The van der Waals surface area contributed by atoms with Crippen molar-refractivity contribution in [2.45, 2.75) is 19.4 Å². The highest BCUT2D eigenvalue weighted by Gasteiger charge is 2.58. The van der Waals surface area contributed by atoms with E-state index in [2.05, 4.69) is 15.6 Å². The van der Waals surface area contributed by atoms with Crippen LogP contribution in [0.5, 0.6) is 0 Å². The third-order valence-corrected chi connectivity index (χ3v) is 3.97. The van der Waals surface area contributed by atoms with Gasteiger partial charge in [0.05, 0.1) is 0 Å². The molecule has 2 aliphatic rings. The predicted octanol–water partition coefficient (Wildman–Crippen LogP) is 0.697. The summed E-state index contributed by atoms with van der Waals surface area (Å²) < 4.78 is 0. The molecule has 2 heterocycles. The Kier molecular flexibility index (Phi) is 2.59. The SMILES string of the molecule is O=C(NCc1cccnc1)[C@@H]1C[C@@]12CCNC2. The van der Waals surface area contributed by atoms with E-state index >= 15 is 0 Å². The Balaban J connectivity index is 1.52. The maximum Gasteiger partial charge on any atom is 0.224 e. The smallest absolute Gasteiger partial charge is 0.224 e. The molecule has 4 heteroatoms. The van der Waals surface area contributed by atoms with Gasteiger partial charge in [-0.05, 0) is 36.4 Å². The van der Waals surface area contributed by atoms with Gasteiger partial charge in [-0.15, -0.1) is 0 Å². The van der Waals surface area contributed by atoms with Crippen LogP contribution in [0, 0.1) is 11.3 Å². The van der Waals surface area contributed by atoms with Crippen molar-refractivity contribution in [3.05, 3.63) is 30.1 Å². The number of nitrogens with one attached hydrogen (secondary N) is 2. The number of nitrogens with zero attached hydrogens (tertiary/aromatic N) is 1. The summed E-state index contributed by atoms with van der Waals surface area (Å²) in [5.74, 6) is 0.437. The minimum Gasteiger partial charge on any atom is -0.352 e. The van der Waals surface area contributed by atoms with Crippen LogP contribution in [0.1, 0.15) is 18.4 Å². The average Bonchev–Trinajstić information content (AvgIpc) is 2.86. The highest BCUT2D eigenvalue weighted by atomic mass is 16.2. The van der Waals surface area contributed by atoms with E-state index in [4.69, 9.17) is 0 Å². The standard InChI is InChI=1S/C13H17N3O/c17-12(11-6-13(11)3-5-15-9-13)16-8-10-2-1-4-14-7-10/h1-2,4,7,11,15H,3,5-6,8-9H2,(H,16,17)/t11-,13+/m0/s1. The fraction of sp³-hybridized carbons (Fsp3) is 0.538. The Labute approximate surface area is 101 Å². The molecule has 0 unspecified atom stereocenters. The summed E-state index contributed by atoms with van der Waals surface area (Å²) >= 11 is 0. The van der Waals surface area contributed by atoms with E-state index < -0.39 is 0 Å². The Bertz CT molecular complexity index is 412. The summed E-state index contributed by atoms with van der Waals surface area (Å²) in [6.07, 6.45) is 5.74. The van der Waals surface area contributed by atoms with Gasteiger partial charge in [0.25, 0.3) is 0 Å². The summed E-state index contributed by atoms with van der Waals surface area (Å²) in [5.41, 5.74) is 1.35. The van der Waals surface area contributed by atoms with Crippen LogP contribution in [-0.4, -0.2) is 24.0 Å². The van der Waals surface area contributed by atoms with Gasteiger partial charge >= 0.3 is 0 Å². The molecule has 3 rings (SSSR count). The first-order chi connectivity index (χ1) is 8.30. The van der Waals surface area contributed by atoms with E-state index in [1.54, 1.807) is 12.4 Å². The Morgan fingerprint density at radius 2 is 2.59 bits per heavy atom. The van der Waals surface area contributed by atoms with Gasteiger partial charge in [0, 0.05) is 31.4 Å². The van der Waals surface area contributed by atoms with E-state index in [9.17, 15) is 4.79 Å². The molecule has 1 aliphatic carbocycles. The number of aromatic nitrogens is 1. The molecule has 4 nitrogen and oxygen atoms in total. The van der Waals surface area contributed by atoms with E-state index in [-0.39, 0.29) is 11.8 Å². The third kappa shape index (κ3) is 2.05. The number of hydrogen-bond donors (Lipinski definition) is 2. The molecule has 1 aliphatic heterocycles. The molecule has 2 atom stereocenters. The zero-order valence-corrected chi connectivity index (χ0v) is 9.78. The van der Waals surface area contributed by atoms with Crippen LogP contribution in [0.2, 0.25) is 0 Å². The molecule has 2 fully saturated rings. The van der Waals surface area contributed by atoms with Crippen LogP contribution < -0.4 is 10.6 Å². The van der Waals surface area contributed by atoms with Crippen LogP contribution in [0.25, 0.3) is 0 Å². The Hall–Kier alpha value is -1.42. The van der Waals surface area contributed by atoms with Gasteiger partial charge in [0.1, 0.15) is 0 Å². The van der Waals surface area contributed by atoms with Gasteiger partial charge in [-0.1, -0.05) is 6.07 Å². The van der Waals surface area contributed by atoms with Crippen LogP contribution >= 0.6 is 0 Å². The fourth-order valence-corrected chi connectivity index (χ4v) is 2.77. The zero-order valence-electron chi connectivity index (χ0n) is 9.78. The van der Waals surface area contributed by atoms with Crippen molar-refractivity contribution in [3.8, 4) is 0 Å². The molecule has 90 valence electrons. The molecule has 1 aromatic heterocycles. The van der Waals surface area contributed by atoms with Crippen LogP contribution in [0.4, 0.5) is 0 Å². The average molecular weight is 231 g/mol. The van der Waals surface area contributed by atoms with E-state index in [1.807, 2.05) is 12.1 Å². The normalized spacial score (nSPS) is 30.5. The molecular weight excluding hydrogens is 214 g/mol. The Morgan fingerprint density at radius 1 is 1.65 bits per heavy atom. The van der Waals surface area contributed by atoms with Gasteiger partial charge in [0.2, 0.25) is 5.91 Å². The predicted molar refractivity (Wildman–Crippen MR) is 64.1 cm³/mol. The molecule has 0 bridgehead atoms. The van der Waals surface area contributed by atoms with Crippen molar-refractivity contribution in [1.29, 1.82) is 0 Å². The van der Waals surface area contributed by atoms with Crippen molar-refractivity contribution < 1.29 is 4.79 Å². The first kappa shape index (κ1) is 10.7. The van der Waals surface area contributed by atoms with Gasteiger partial charge in [-0.3, -0.25) is 9.78 Å². The van der Waals surface area contributed by atoms with Gasteiger partial charge in [-0.25, -0.2) is 0 Å². The quantitative estimate of drug-likeness (QED) is 0.805. The number of rotatable bonds is 3. The van der Waals surface area contributed by atoms with Gasteiger partial charge in [-0.2, -0.15) is 0 Å². The molecule has 1 saturated heterocycles. The maximum atomic E-state index is 12.0. The van der Waals surface area contributed by atoms with Gasteiger partial charge in [0.15, 0.2) is 0 Å². The minimum absolute atomic E-state index is 0.206. The largest absolute Gasteiger partial charge is 0.352 e. The summed E-state index contributed by atoms with van der Waals surface area (Å²) in [7, 11) is 0. The molecule has 1 spiro atoms. The number of pyridine rings is 1. The molecule has 1 aromatic rings. The monoisotopic (exact) mass is 231 g/mol. The zero-order chi connectivity index (χ0) is 11.7. The molecule has 0 radical (unpaired) electrons.